The van der Waals surface area contributed by atoms with Crippen LogP contribution in [0.1, 0.15) is 33.1 Å². The number of hydrogen-bond acceptors (Lipinski definition) is 3. The lowest BCUT2D eigenvalue weighted by Gasteiger charge is -2.43. The minimum absolute atomic E-state index is 0.463. The minimum Gasteiger partial charge on any atom is -0.306 e. The van der Waals surface area contributed by atoms with Gasteiger partial charge in [0.1, 0.15) is 0 Å². The quantitative estimate of drug-likeness (QED) is 0.668. The molecule has 0 saturated carbocycles. The Morgan fingerprint density at radius 3 is 2.36 bits per heavy atom. The lowest BCUT2D eigenvalue weighted by molar-refractivity contribution is 0.214. The molecule has 2 rings (SSSR count). The Labute approximate surface area is 92.8 Å². The summed E-state index contributed by atoms with van der Waals surface area (Å²) in [5, 5.41) is 3.69. The Balaban J connectivity index is 0.000000461. The van der Waals surface area contributed by atoms with Gasteiger partial charge in [0.2, 0.25) is 0 Å². The van der Waals surface area contributed by atoms with Crippen LogP contribution >= 0.6 is 11.8 Å². The highest BCUT2D eigenvalue weighted by Gasteiger charge is 2.34. The molecule has 0 aromatic carbocycles. The summed E-state index contributed by atoms with van der Waals surface area (Å²) in [6, 6.07) is 0. The number of likely N-dealkylation sites (tertiary alicyclic amines) is 1. The normalized spacial score (nSPS) is 26.8. The summed E-state index contributed by atoms with van der Waals surface area (Å²) in [7, 11) is 2.22. The number of thioether (sulfide) groups is 1. The van der Waals surface area contributed by atoms with Gasteiger partial charge >= 0.3 is 0 Å². The molecule has 2 aliphatic heterocycles. The first-order valence-electron chi connectivity index (χ1n) is 5.88. The standard InChI is InChI=1S/C9H18N2S.C2H6/c1-11-6-3-9(4-7-11)10-5-2-8-12-9;1-2/h10H,2-8H2,1H3;1-2H3. The molecule has 3 heteroatoms. The molecule has 1 spiro atoms. The van der Waals surface area contributed by atoms with Crippen molar-refractivity contribution in [3.05, 3.63) is 0 Å². The van der Waals surface area contributed by atoms with Gasteiger partial charge in [-0.2, -0.15) is 0 Å². The van der Waals surface area contributed by atoms with Crippen molar-refractivity contribution in [2.24, 2.45) is 0 Å². The van der Waals surface area contributed by atoms with Crippen LogP contribution in [-0.2, 0) is 0 Å². The summed E-state index contributed by atoms with van der Waals surface area (Å²) >= 11 is 2.15. The van der Waals surface area contributed by atoms with E-state index in [1.165, 1.54) is 44.6 Å². The summed E-state index contributed by atoms with van der Waals surface area (Å²) in [5.41, 5.74) is 0. The van der Waals surface area contributed by atoms with E-state index in [0.717, 1.165) is 0 Å². The third-order valence-electron chi connectivity index (χ3n) is 2.94. The van der Waals surface area contributed by atoms with Gasteiger partial charge in [0.25, 0.3) is 0 Å². The molecule has 2 fully saturated rings. The molecule has 0 amide bonds. The zero-order valence-electron chi connectivity index (χ0n) is 9.81. The Bertz CT molecular complexity index is 145. The zero-order chi connectivity index (χ0) is 10.4. The van der Waals surface area contributed by atoms with Crippen molar-refractivity contribution in [3.63, 3.8) is 0 Å². The Kier molecular flexibility index (Phi) is 5.28. The maximum absolute atomic E-state index is 3.69. The number of nitrogens with zero attached hydrogens (tertiary/aromatic N) is 1. The lowest BCUT2D eigenvalue weighted by atomic mass is 10.0. The van der Waals surface area contributed by atoms with Crippen molar-refractivity contribution in [1.29, 1.82) is 0 Å². The summed E-state index contributed by atoms with van der Waals surface area (Å²) in [4.78, 5) is 2.90. The SMILES string of the molecule is CC.CN1CCC2(CC1)NCCCS2. The van der Waals surface area contributed by atoms with Crippen molar-refractivity contribution in [2.45, 2.75) is 38.0 Å². The van der Waals surface area contributed by atoms with E-state index in [9.17, 15) is 0 Å². The van der Waals surface area contributed by atoms with Crippen LogP contribution in [0.3, 0.4) is 0 Å². The lowest BCUT2D eigenvalue weighted by Crippen LogP contribution is -2.52. The number of rotatable bonds is 0. The molecule has 1 N–H and O–H groups in total. The largest absolute Gasteiger partial charge is 0.306 e. The average molecular weight is 216 g/mol. The molecule has 0 aliphatic carbocycles. The van der Waals surface area contributed by atoms with Gasteiger partial charge in [-0.15, -0.1) is 11.8 Å². The van der Waals surface area contributed by atoms with E-state index in [0.29, 0.717) is 4.87 Å². The maximum Gasteiger partial charge on any atom is 0.0669 e. The topological polar surface area (TPSA) is 15.3 Å². The molecule has 0 aromatic heterocycles. The molecular formula is C11H24N2S. The van der Waals surface area contributed by atoms with E-state index in [4.69, 9.17) is 0 Å². The van der Waals surface area contributed by atoms with Crippen LogP contribution in [0.25, 0.3) is 0 Å². The van der Waals surface area contributed by atoms with Crippen molar-refractivity contribution < 1.29 is 0 Å². The van der Waals surface area contributed by atoms with Crippen LogP contribution in [0.15, 0.2) is 0 Å². The van der Waals surface area contributed by atoms with Crippen LogP contribution < -0.4 is 5.32 Å². The van der Waals surface area contributed by atoms with Gasteiger partial charge < -0.3 is 10.2 Å². The molecule has 0 unspecified atom stereocenters. The van der Waals surface area contributed by atoms with Gasteiger partial charge in [-0.1, -0.05) is 13.8 Å². The summed E-state index contributed by atoms with van der Waals surface area (Å²) in [6.07, 6.45) is 4.00. The maximum atomic E-state index is 3.69. The molecule has 14 heavy (non-hydrogen) atoms. The first-order valence-corrected chi connectivity index (χ1v) is 6.87. The molecule has 2 nitrogen and oxygen atoms in total. The predicted octanol–water partition coefficient (Wildman–Crippen LogP) is 2.16. The van der Waals surface area contributed by atoms with Crippen molar-refractivity contribution in [1.82, 2.24) is 10.2 Å². The zero-order valence-corrected chi connectivity index (χ0v) is 10.6. The molecule has 2 aliphatic rings. The van der Waals surface area contributed by atoms with Gasteiger partial charge in [-0.05, 0) is 38.6 Å². The van der Waals surface area contributed by atoms with Crippen molar-refractivity contribution in [2.75, 3.05) is 32.4 Å². The molecule has 0 radical (unpaired) electrons. The molecule has 2 heterocycles. The second-order valence-corrected chi connectivity index (χ2v) is 5.40. The van der Waals surface area contributed by atoms with E-state index in [1.54, 1.807) is 0 Å². The van der Waals surface area contributed by atoms with Crippen LogP contribution in [0, 0.1) is 0 Å². The fourth-order valence-electron chi connectivity index (χ4n) is 2.01. The third kappa shape index (κ3) is 3.14. The highest BCUT2D eigenvalue weighted by atomic mass is 32.2. The van der Waals surface area contributed by atoms with E-state index in [-0.39, 0.29) is 0 Å². The third-order valence-corrected chi connectivity index (χ3v) is 4.54. The second kappa shape index (κ2) is 5.99. The molecular weight excluding hydrogens is 192 g/mol. The number of piperidine rings is 1. The van der Waals surface area contributed by atoms with Gasteiger partial charge in [0, 0.05) is 13.1 Å². The number of hydrogen-bond donors (Lipinski definition) is 1. The van der Waals surface area contributed by atoms with Gasteiger partial charge in [-0.25, -0.2) is 0 Å². The van der Waals surface area contributed by atoms with Crippen LogP contribution in [-0.4, -0.2) is 42.2 Å². The van der Waals surface area contributed by atoms with E-state index < -0.39 is 0 Å². The average Bonchev–Trinajstić information content (AvgIpc) is 2.27. The highest BCUT2D eigenvalue weighted by Crippen LogP contribution is 2.35. The smallest absolute Gasteiger partial charge is 0.0669 e. The van der Waals surface area contributed by atoms with Crippen molar-refractivity contribution >= 4 is 11.8 Å². The number of nitrogens with one attached hydrogen (secondary N) is 1. The van der Waals surface area contributed by atoms with Gasteiger partial charge in [0.05, 0.1) is 4.87 Å². The molecule has 0 aromatic rings. The molecule has 84 valence electrons. The summed E-state index contributed by atoms with van der Waals surface area (Å²) in [6.45, 7) is 7.76. The van der Waals surface area contributed by atoms with Gasteiger partial charge in [0.15, 0.2) is 0 Å². The summed E-state index contributed by atoms with van der Waals surface area (Å²) in [5.74, 6) is 1.36. The Morgan fingerprint density at radius 2 is 1.86 bits per heavy atom. The molecule has 0 bridgehead atoms. The Morgan fingerprint density at radius 1 is 1.21 bits per heavy atom. The Hall–Kier alpha value is 0.270. The second-order valence-electron chi connectivity index (χ2n) is 3.93. The first-order chi connectivity index (χ1) is 6.81. The highest BCUT2D eigenvalue weighted by molar-refractivity contribution is 8.00. The van der Waals surface area contributed by atoms with E-state index in [1.807, 2.05) is 13.8 Å². The predicted molar refractivity (Wildman–Crippen MR) is 65.9 cm³/mol. The fourth-order valence-corrected chi connectivity index (χ4v) is 3.36. The van der Waals surface area contributed by atoms with Crippen molar-refractivity contribution in [3.8, 4) is 0 Å². The molecule has 0 atom stereocenters. The van der Waals surface area contributed by atoms with Crippen LogP contribution in [0.4, 0.5) is 0 Å². The fraction of sp³-hybridized carbons (Fsp3) is 1.00. The minimum atomic E-state index is 0.463. The van der Waals surface area contributed by atoms with Gasteiger partial charge in [-0.3, -0.25) is 0 Å². The summed E-state index contributed by atoms with van der Waals surface area (Å²) < 4.78 is 0. The monoisotopic (exact) mass is 216 g/mol. The first kappa shape index (κ1) is 12.3. The van der Waals surface area contributed by atoms with Crippen LogP contribution in [0.2, 0.25) is 0 Å². The van der Waals surface area contributed by atoms with E-state index in [2.05, 4.69) is 29.0 Å². The molecule has 2 saturated heterocycles. The van der Waals surface area contributed by atoms with Crippen LogP contribution in [0.5, 0.6) is 0 Å². The van der Waals surface area contributed by atoms with E-state index >= 15 is 0 Å².